The average Bonchev–Trinajstić information content (AvgIpc) is 3.27. The number of oxazole rings is 1. The number of carbonyl (C=O) groups is 1. The van der Waals surface area contributed by atoms with E-state index in [0.29, 0.717) is 0 Å². The SMILES string of the molecule is NC(=O)Cn1ccc2c(OC3CCN(Cc4ncco4)CC3)cccc21. The third kappa shape index (κ3) is 3.57. The Hall–Kier alpha value is -2.80. The summed E-state index contributed by atoms with van der Waals surface area (Å²) >= 11 is 0. The van der Waals surface area contributed by atoms with Crippen LogP contribution < -0.4 is 10.5 Å². The van der Waals surface area contributed by atoms with Gasteiger partial charge in [-0.25, -0.2) is 4.98 Å². The summed E-state index contributed by atoms with van der Waals surface area (Å²) in [5.74, 6) is 1.26. The lowest BCUT2D eigenvalue weighted by atomic mass is 10.1. The van der Waals surface area contributed by atoms with E-state index in [1.54, 1.807) is 12.5 Å². The number of benzene rings is 1. The number of hydrogen-bond donors (Lipinski definition) is 1. The average molecular weight is 354 g/mol. The van der Waals surface area contributed by atoms with Gasteiger partial charge in [0, 0.05) is 24.7 Å². The molecule has 2 N–H and O–H groups in total. The number of rotatable bonds is 6. The minimum Gasteiger partial charge on any atom is -0.490 e. The van der Waals surface area contributed by atoms with Crippen LogP contribution in [0.2, 0.25) is 0 Å². The van der Waals surface area contributed by atoms with Crippen molar-refractivity contribution in [2.24, 2.45) is 5.73 Å². The number of carbonyl (C=O) groups excluding carboxylic acids is 1. The fraction of sp³-hybridized carbons (Fsp3) is 0.368. The fourth-order valence-electron chi connectivity index (χ4n) is 3.49. The third-order valence-electron chi connectivity index (χ3n) is 4.77. The predicted molar refractivity (Wildman–Crippen MR) is 96.6 cm³/mol. The first-order valence-corrected chi connectivity index (χ1v) is 8.82. The number of amides is 1. The summed E-state index contributed by atoms with van der Waals surface area (Å²) in [5.41, 5.74) is 6.28. The molecule has 2 aromatic heterocycles. The highest BCUT2D eigenvalue weighted by Crippen LogP contribution is 2.29. The van der Waals surface area contributed by atoms with Gasteiger partial charge in [-0.1, -0.05) is 6.07 Å². The zero-order chi connectivity index (χ0) is 17.9. The molecular weight excluding hydrogens is 332 g/mol. The Kier molecular flexibility index (Phi) is 4.62. The fourth-order valence-corrected chi connectivity index (χ4v) is 3.49. The number of piperidine rings is 1. The maximum Gasteiger partial charge on any atom is 0.237 e. The number of aromatic nitrogens is 2. The van der Waals surface area contributed by atoms with Gasteiger partial charge in [-0.3, -0.25) is 9.69 Å². The largest absolute Gasteiger partial charge is 0.490 e. The van der Waals surface area contributed by atoms with Crippen LogP contribution in [-0.2, 0) is 17.9 Å². The molecule has 3 heterocycles. The van der Waals surface area contributed by atoms with Crippen LogP contribution in [-0.4, -0.2) is 39.6 Å². The normalized spacial score (nSPS) is 16.2. The van der Waals surface area contributed by atoms with Crippen LogP contribution in [0.15, 0.2) is 47.3 Å². The van der Waals surface area contributed by atoms with E-state index >= 15 is 0 Å². The second-order valence-corrected chi connectivity index (χ2v) is 6.62. The van der Waals surface area contributed by atoms with E-state index in [-0.39, 0.29) is 18.6 Å². The van der Waals surface area contributed by atoms with Crippen molar-refractivity contribution >= 4 is 16.8 Å². The van der Waals surface area contributed by atoms with Gasteiger partial charge in [0.25, 0.3) is 0 Å². The predicted octanol–water partition coefficient (Wildman–Crippen LogP) is 2.16. The number of ether oxygens (including phenoxy) is 1. The molecule has 1 aliphatic heterocycles. The van der Waals surface area contributed by atoms with Gasteiger partial charge in [0.2, 0.25) is 11.8 Å². The molecule has 1 saturated heterocycles. The van der Waals surface area contributed by atoms with Crippen molar-refractivity contribution in [2.75, 3.05) is 13.1 Å². The van der Waals surface area contributed by atoms with Crippen molar-refractivity contribution in [3.63, 3.8) is 0 Å². The third-order valence-corrected chi connectivity index (χ3v) is 4.77. The smallest absolute Gasteiger partial charge is 0.237 e. The molecule has 0 spiro atoms. The number of fused-ring (bicyclic) bond motifs is 1. The van der Waals surface area contributed by atoms with Crippen LogP contribution in [0.5, 0.6) is 5.75 Å². The summed E-state index contributed by atoms with van der Waals surface area (Å²) in [5, 5.41) is 1.01. The van der Waals surface area contributed by atoms with Crippen molar-refractivity contribution in [1.29, 1.82) is 0 Å². The molecule has 3 aromatic rings. The molecule has 0 aliphatic carbocycles. The molecule has 7 nitrogen and oxygen atoms in total. The highest BCUT2D eigenvalue weighted by Gasteiger charge is 2.22. The van der Waals surface area contributed by atoms with Crippen LogP contribution in [0.4, 0.5) is 0 Å². The van der Waals surface area contributed by atoms with Crippen molar-refractivity contribution in [3.05, 3.63) is 48.8 Å². The van der Waals surface area contributed by atoms with E-state index in [2.05, 4.69) is 9.88 Å². The van der Waals surface area contributed by atoms with Crippen molar-refractivity contribution in [1.82, 2.24) is 14.5 Å². The Morgan fingerprint density at radius 1 is 1.31 bits per heavy atom. The van der Waals surface area contributed by atoms with E-state index in [4.69, 9.17) is 14.9 Å². The lowest BCUT2D eigenvalue weighted by Crippen LogP contribution is -2.37. The van der Waals surface area contributed by atoms with E-state index in [0.717, 1.165) is 55.0 Å². The maximum atomic E-state index is 11.2. The summed E-state index contributed by atoms with van der Waals surface area (Å²) in [6.07, 6.45) is 7.26. The first kappa shape index (κ1) is 16.7. The zero-order valence-electron chi connectivity index (χ0n) is 14.5. The van der Waals surface area contributed by atoms with Gasteiger partial charge in [-0.05, 0) is 31.0 Å². The van der Waals surface area contributed by atoms with Crippen LogP contribution in [0.25, 0.3) is 10.9 Å². The minimum atomic E-state index is -0.354. The van der Waals surface area contributed by atoms with Crippen molar-refractivity contribution < 1.29 is 13.9 Å². The molecular formula is C19H22N4O3. The van der Waals surface area contributed by atoms with Gasteiger partial charge in [-0.15, -0.1) is 0 Å². The van der Waals surface area contributed by atoms with Gasteiger partial charge >= 0.3 is 0 Å². The zero-order valence-corrected chi connectivity index (χ0v) is 14.5. The van der Waals surface area contributed by atoms with Crippen LogP contribution in [0.3, 0.4) is 0 Å². The summed E-state index contributed by atoms with van der Waals surface area (Å²) in [7, 11) is 0. The Morgan fingerprint density at radius 3 is 2.88 bits per heavy atom. The van der Waals surface area contributed by atoms with E-state index in [9.17, 15) is 4.79 Å². The molecule has 1 aliphatic rings. The Bertz CT molecular complexity index is 879. The molecule has 0 bridgehead atoms. The first-order chi connectivity index (χ1) is 12.7. The van der Waals surface area contributed by atoms with Gasteiger partial charge < -0.3 is 19.5 Å². The van der Waals surface area contributed by atoms with Crippen LogP contribution in [0.1, 0.15) is 18.7 Å². The lowest BCUT2D eigenvalue weighted by Gasteiger charge is -2.31. The number of primary amides is 1. The molecule has 1 fully saturated rings. The van der Waals surface area contributed by atoms with Gasteiger partial charge in [0.15, 0.2) is 0 Å². The maximum absolute atomic E-state index is 11.2. The summed E-state index contributed by atoms with van der Waals surface area (Å²) in [6.45, 7) is 2.81. The Balaban J connectivity index is 1.40. The highest BCUT2D eigenvalue weighted by molar-refractivity contribution is 5.87. The number of likely N-dealkylation sites (tertiary alicyclic amines) is 1. The second-order valence-electron chi connectivity index (χ2n) is 6.62. The standard InChI is InChI=1S/C19H22N4O3/c20-18(24)12-23-10-6-15-16(23)2-1-3-17(15)26-14-4-8-22(9-5-14)13-19-21-7-11-25-19/h1-3,6-7,10-11,14H,4-5,8-9,12-13H2,(H2,20,24). The monoisotopic (exact) mass is 354 g/mol. The molecule has 4 rings (SSSR count). The molecule has 0 unspecified atom stereocenters. The van der Waals surface area contributed by atoms with Crippen molar-refractivity contribution in [2.45, 2.75) is 32.0 Å². The van der Waals surface area contributed by atoms with Crippen molar-refractivity contribution in [3.8, 4) is 5.75 Å². The molecule has 26 heavy (non-hydrogen) atoms. The summed E-state index contributed by atoms with van der Waals surface area (Å²) < 4.78 is 13.4. The quantitative estimate of drug-likeness (QED) is 0.733. The lowest BCUT2D eigenvalue weighted by molar-refractivity contribution is -0.118. The molecule has 0 atom stereocenters. The van der Waals surface area contributed by atoms with Crippen LogP contribution in [0, 0.1) is 0 Å². The molecule has 0 radical (unpaired) electrons. The number of nitrogens with zero attached hydrogens (tertiary/aromatic N) is 3. The first-order valence-electron chi connectivity index (χ1n) is 8.82. The van der Waals surface area contributed by atoms with Gasteiger partial charge in [0.05, 0.1) is 18.3 Å². The highest BCUT2D eigenvalue weighted by atomic mass is 16.5. The Labute approximate surface area is 151 Å². The molecule has 7 heteroatoms. The van der Waals surface area contributed by atoms with Crippen LogP contribution >= 0.6 is 0 Å². The van der Waals surface area contributed by atoms with Gasteiger partial charge in [0.1, 0.15) is 24.7 Å². The minimum absolute atomic E-state index is 0.173. The molecule has 1 amide bonds. The Morgan fingerprint density at radius 2 is 2.15 bits per heavy atom. The summed E-state index contributed by atoms with van der Waals surface area (Å²) in [6, 6.07) is 7.89. The number of nitrogens with two attached hydrogens (primary N) is 1. The molecule has 0 saturated carbocycles. The topological polar surface area (TPSA) is 86.5 Å². The van der Waals surface area contributed by atoms with E-state index in [1.807, 2.05) is 35.0 Å². The second kappa shape index (κ2) is 7.21. The molecule has 1 aromatic carbocycles. The van der Waals surface area contributed by atoms with Gasteiger partial charge in [-0.2, -0.15) is 0 Å². The summed E-state index contributed by atoms with van der Waals surface area (Å²) in [4.78, 5) is 17.7. The number of hydrogen-bond acceptors (Lipinski definition) is 5. The van der Waals surface area contributed by atoms with E-state index < -0.39 is 0 Å². The molecule has 136 valence electrons. The van der Waals surface area contributed by atoms with E-state index in [1.165, 1.54) is 0 Å².